The van der Waals surface area contributed by atoms with Gasteiger partial charge in [-0.25, -0.2) is 12.8 Å². The Morgan fingerprint density at radius 2 is 1.69 bits per heavy atom. The van der Waals surface area contributed by atoms with E-state index in [9.17, 15) is 17.6 Å². The van der Waals surface area contributed by atoms with E-state index >= 15 is 0 Å². The summed E-state index contributed by atoms with van der Waals surface area (Å²) in [6.07, 6.45) is 0. The fourth-order valence-electron chi connectivity index (χ4n) is 3.75. The number of ether oxygens (including phenoxy) is 3. The number of nitrogens with zero attached hydrogens (tertiary/aromatic N) is 1. The number of benzene rings is 3. The van der Waals surface area contributed by atoms with Gasteiger partial charge in [0.05, 0.1) is 23.2 Å². The first kappa shape index (κ1) is 25.3. The van der Waals surface area contributed by atoms with Crippen LogP contribution in [0.4, 0.5) is 10.1 Å². The van der Waals surface area contributed by atoms with Crippen molar-refractivity contribution in [2.24, 2.45) is 0 Å². The Hall–Kier alpha value is -3.79. The molecule has 1 heterocycles. The molecule has 3 aromatic rings. The largest absolute Gasteiger partial charge is 0.494 e. The summed E-state index contributed by atoms with van der Waals surface area (Å²) in [4.78, 5) is 12.9. The highest BCUT2D eigenvalue weighted by Crippen LogP contribution is 2.34. The van der Waals surface area contributed by atoms with Crippen LogP contribution >= 0.6 is 0 Å². The van der Waals surface area contributed by atoms with E-state index in [4.69, 9.17) is 14.2 Å². The van der Waals surface area contributed by atoms with Gasteiger partial charge in [0.25, 0.3) is 10.0 Å². The van der Waals surface area contributed by atoms with Crippen LogP contribution in [-0.2, 0) is 14.8 Å². The maximum Gasteiger partial charge on any atom is 0.264 e. The highest BCUT2D eigenvalue weighted by atomic mass is 32.2. The fourth-order valence-corrected chi connectivity index (χ4v) is 5.19. The summed E-state index contributed by atoms with van der Waals surface area (Å²) >= 11 is 0. The number of halogens is 1. The van der Waals surface area contributed by atoms with Crippen molar-refractivity contribution in [3.8, 4) is 17.2 Å². The number of sulfonamides is 1. The summed E-state index contributed by atoms with van der Waals surface area (Å²) in [7, 11) is -4.21. The van der Waals surface area contributed by atoms with E-state index in [-0.39, 0.29) is 16.6 Å². The van der Waals surface area contributed by atoms with E-state index in [0.29, 0.717) is 37.1 Å². The van der Waals surface area contributed by atoms with Crippen molar-refractivity contribution in [1.82, 2.24) is 5.32 Å². The monoisotopic (exact) mass is 514 g/mol. The smallest absolute Gasteiger partial charge is 0.264 e. The zero-order valence-corrected chi connectivity index (χ0v) is 20.8. The van der Waals surface area contributed by atoms with Gasteiger partial charge in [0.15, 0.2) is 11.5 Å². The Balaban J connectivity index is 1.58. The number of hydrogen-bond donors (Lipinski definition) is 1. The third-order valence-corrected chi connectivity index (χ3v) is 7.34. The van der Waals surface area contributed by atoms with Gasteiger partial charge in [0.2, 0.25) is 5.91 Å². The summed E-state index contributed by atoms with van der Waals surface area (Å²) in [5.74, 6) is 0.407. The van der Waals surface area contributed by atoms with Gasteiger partial charge >= 0.3 is 0 Å². The second-order valence-electron chi connectivity index (χ2n) is 8.08. The topological polar surface area (TPSA) is 94.2 Å². The zero-order chi connectivity index (χ0) is 25.7. The van der Waals surface area contributed by atoms with Gasteiger partial charge in [0.1, 0.15) is 31.3 Å². The first-order chi connectivity index (χ1) is 17.3. The van der Waals surface area contributed by atoms with Crippen LogP contribution in [0, 0.1) is 5.82 Å². The minimum Gasteiger partial charge on any atom is -0.494 e. The van der Waals surface area contributed by atoms with Gasteiger partial charge in [-0.05, 0) is 67.9 Å². The lowest BCUT2D eigenvalue weighted by Crippen LogP contribution is -2.41. The van der Waals surface area contributed by atoms with Crippen molar-refractivity contribution in [1.29, 1.82) is 0 Å². The second kappa shape index (κ2) is 10.9. The normalized spacial score (nSPS) is 13.5. The van der Waals surface area contributed by atoms with Gasteiger partial charge in [-0.15, -0.1) is 0 Å². The maximum atomic E-state index is 13.6. The van der Waals surface area contributed by atoms with E-state index in [1.54, 1.807) is 19.1 Å². The van der Waals surface area contributed by atoms with Crippen LogP contribution in [0.5, 0.6) is 17.2 Å². The molecule has 0 spiro atoms. The van der Waals surface area contributed by atoms with Crippen LogP contribution < -0.4 is 23.8 Å². The molecule has 3 aromatic carbocycles. The van der Waals surface area contributed by atoms with E-state index < -0.39 is 28.3 Å². The van der Waals surface area contributed by atoms with Gasteiger partial charge in [-0.2, -0.15) is 0 Å². The number of rotatable bonds is 9. The number of nitrogens with one attached hydrogen (secondary N) is 1. The molecule has 1 aliphatic rings. The number of hydrogen-bond acceptors (Lipinski definition) is 6. The molecule has 0 bridgehead atoms. The number of carbonyl (C=O) groups is 1. The van der Waals surface area contributed by atoms with Crippen molar-refractivity contribution < 1.29 is 31.8 Å². The Labute approximate surface area is 209 Å². The lowest BCUT2D eigenvalue weighted by Gasteiger charge is -2.26. The van der Waals surface area contributed by atoms with Crippen LogP contribution in [-0.4, -0.2) is 40.7 Å². The Bertz CT molecular complexity index is 1310. The summed E-state index contributed by atoms with van der Waals surface area (Å²) in [5.41, 5.74) is 0.977. The van der Waals surface area contributed by atoms with E-state index in [0.717, 1.165) is 22.0 Å². The van der Waals surface area contributed by atoms with Gasteiger partial charge in [-0.1, -0.05) is 12.1 Å². The van der Waals surface area contributed by atoms with Crippen LogP contribution in [0.2, 0.25) is 0 Å². The van der Waals surface area contributed by atoms with Crippen molar-refractivity contribution in [3.05, 3.63) is 78.1 Å². The molecule has 0 saturated carbocycles. The average Bonchev–Trinajstić information content (AvgIpc) is 2.88. The highest BCUT2D eigenvalue weighted by molar-refractivity contribution is 7.92. The molecule has 0 aromatic heterocycles. The van der Waals surface area contributed by atoms with Crippen molar-refractivity contribution in [2.75, 3.05) is 30.7 Å². The summed E-state index contributed by atoms with van der Waals surface area (Å²) in [6, 6.07) is 16.1. The second-order valence-corrected chi connectivity index (χ2v) is 9.95. The maximum absolute atomic E-state index is 13.6. The fraction of sp³-hybridized carbons (Fsp3) is 0.269. The van der Waals surface area contributed by atoms with Crippen LogP contribution in [0.1, 0.15) is 25.5 Å². The minimum atomic E-state index is -4.21. The predicted molar refractivity (Wildman–Crippen MR) is 133 cm³/mol. The Kier molecular flexibility index (Phi) is 7.64. The lowest BCUT2D eigenvalue weighted by atomic mass is 10.1. The minimum absolute atomic E-state index is 0.0802. The standard InChI is InChI=1S/C26H27FN2O6S/c1-3-33-22-10-4-19(5-11-22)18(2)28-26(30)17-29(21-8-6-20(27)7-9-21)36(31,32)23-12-13-24-25(16-23)35-15-14-34-24/h4-13,16,18H,3,14-15,17H2,1-2H3,(H,28,30)/t18-/m0/s1. The molecule has 36 heavy (non-hydrogen) atoms. The van der Waals surface area contributed by atoms with Gasteiger partial charge in [0, 0.05) is 6.07 Å². The Morgan fingerprint density at radius 3 is 2.36 bits per heavy atom. The third kappa shape index (κ3) is 5.71. The van der Waals surface area contributed by atoms with Crippen molar-refractivity contribution in [2.45, 2.75) is 24.8 Å². The molecule has 0 fully saturated rings. The first-order valence-electron chi connectivity index (χ1n) is 11.5. The number of carbonyl (C=O) groups excluding carboxylic acids is 1. The quantitative estimate of drug-likeness (QED) is 0.463. The lowest BCUT2D eigenvalue weighted by molar-refractivity contribution is -0.120. The molecule has 8 nitrogen and oxygen atoms in total. The number of fused-ring (bicyclic) bond motifs is 1. The molecule has 4 rings (SSSR count). The van der Waals surface area contributed by atoms with Crippen LogP contribution in [0.3, 0.4) is 0 Å². The van der Waals surface area contributed by atoms with E-state index in [1.165, 1.54) is 30.3 Å². The molecule has 0 saturated heterocycles. The molecule has 10 heteroatoms. The molecule has 0 unspecified atom stereocenters. The third-order valence-electron chi connectivity index (χ3n) is 5.57. The number of amides is 1. The molecular weight excluding hydrogens is 487 g/mol. The summed E-state index contributed by atoms with van der Waals surface area (Å²) in [5, 5.41) is 2.83. The van der Waals surface area contributed by atoms with E-state index in [1.807, 2.05) is 19.1 Å². The van der Waals surface area contributed by atoms with Crippen LogP contribution in [0.25, 0.3) is 0 Å². The molecular formula is C26H27FN2O6S. The van der Waals surface area contributed by atoms with Crippen molar-refractivity contribution in [3.63, 3.8) is 0 Å². The first-order valence-corrected chi connectivity index (χ1v) is 12.9. The van der Waals surface area contributed by atoms with Gasteiger partial charge in [-0.3, -0.25) is 9.10 Å². The molecule has 190 valence electrons. The predicted octanol–water partition coefficient (Wildman–Crippen LogP) is 4.07. The molecule has 1 atom stereocenters. The summed E-state index contributed by atoms with van der Waals surface area (Å²) < 4.78 is 58.2. The van der Waals surface area contributed by atoms with Crippen molar-refractivity contribution >= 4 is 21.6 Å². The molecule has 0 aliphatic carbocycles. The van der Waals surface area contributed by atoms with Gasteiger partial charge < -0.3 is 19.5 Å². The average molecular weight is 515 g/mol. The highest BCUT2D eigenvalue weighted by Gasteiger charge is 2.29. The molecule has 1 aliphatic heterocycles. The van der Waals surface area contributed by atoms with Crippen LogP contribution in [0.15, 0.2) is 71.6 Å². The SMILES string of the molecule is CCOc1ccc([C@H](C)NC(=O)CN(c2ccc(F)cc2)S(=O)(=O)c2ccc3c(c2)OCCO3)cc1. The molecule has 0 radical (unpaired) electrons. The molecule has 1 N–H and O–H groups in total. The zero-order valence-electron chi connectivity index (χ0n) is 19.9. The Morgan fingerprint density at radius 1 is 1.03 bits per heavy atom. The van der Waals surface area contributed by atoms with E-state index in [2.05, 4.69) is 5.32 Å². The number of anilines is 1. The summed E-state index contributed by atoms with van der Waals surface area (Å²) in [6.45, 7) is 4.39. The molecule has 1 amide bonds.